The highest BCUT2D eigenvalue weighted by atomic mass is 16.4. The third-order valence-electron chi connectivity index (χ3n) is 7.25. The third kappa shape index (κ3) is 5.62. The monoisotopic (exact) mass is 510 g/mol. The molecule has 196 valence electrons. The van der Waals surface area contributed by atoms with Crippen molar-refractivity contribution in [3.05, 3.63) is 131 Å². The average Bonchev–Trinajstić information content (AvgIpc) is 2.96. The number of aliphatic carboxylic acids is 2. The smallest absolute Gasteiger partial charge is 0.331 e. The standard InChI is InChI=1S/C23H24N2.C9H10O4/c1-4-10-20(11-5-1)23(21-12-6-2-7-13-21,22-14-8-3-9-15-22)25-18-16-24-17-19-25;1-9(8(12)13)4-2-3-6(5-9)7(10)11/h1-15,24H,16-19H2;2-4H,5H2,1H3,(H,10,11)(H,12,13)/t;9-/m.0/s1. The Hall–Kier alpha value is -4.00. The van der Waals surface area contributed by atoms with Crippen molar-refractivity contribution in [2.75, 3.05) is 26.2 Å². The van der Waals surface area contributed by atoms with Gasteiger partial charge in [-0.05, 0) is 30.0 Å². The lowest BCUT2D eigenvalue weighted by Gasteiger charge is -2.47. The molecule has 1 heterocycles. The molecule has 0 amide bonds. The van der Waals surface area contributed by atoms with Crippen molar-refractivity contribution in [2.24, 2.45) is 5.41 Å². The van der Waals surface area contributed by atoms with Crippen LogP contribution in [0.3, 0.4) is 0 Å². The van der Waals surface area contributed by atoms with E-state index in [0.29, 0.717) is 0 Å². The Morgan fingerprint density at radius 3 is 1.63 bits per heavy atom. The number of rotatable bonds is 6. The van der Waals surface area contributed by atoms with Crippen LogP contribution in [0.5, 0.6) is 0 Å². The van der Waals surface area contributed by atoms with Gasteiger partial charge in [-0.1, -0.05) is 109 Å². The number of carboxylic acid groups (broad SMARTS) is 2. The highest BCUT2D eigenvalue weighted by Gasteiger charge is 2.42. The molecule has 6 heteroatoms. The Bertz CT molecular complexity index is 1190. The number of piperazine rings is 1. The van der Waals surface area contributed by atoms with Gasteiger partial charge in [-0.2, -0.15) is 0 Å². The lowest BCUT2D eigenvalue weighted by atomic mass is 9.75. The number of nitrogens with zero attached hydrogens (tertiary/aromatic N) is 1. The molecule has 3 aromatic rings. The van der Waals surface area contributed by atoms with E-state index in [9.17, 15) is 9.59 Å². The first-order valence-electron chi connectivity index (χ1n) is 12.9. The van der Waals surface area contributed by atoms with Crippen molar-refractivity contribution in [3.8, 4) is 0 Å². The fourth-order valence-electron chi connectivity index (χ4n) is 5.27. The number of hydrogen-bond acceptors (Lipinski definition) is 4. The molecule has 3 N–H and O–H groups in total. The van der Waals surface area contributed by atoms with Crippen molar-refractivity contribution in [1.82, 2.24) is 10.2 Å². The van der Waals surface area contributed by atoms with Crippen LogP contribution >= 0.6 is 0 Å². The number of allylic oxidation sites excluding steroid dienone is 2. The second kappa shape index (κ2) is 12.0. The highest BCUT2D eigenvalue weighted by Crippen LogP contribution is 2.42. The summed E-state index contributed by atoms with van der Waals surface area (Å²) in [7, 11) is 0. The summed E-state index contributed by atoms with van der Waals surface area (Å²) >= 11 is 0. The lowest BCUT2D eigenvalue weighted by Crippen LogP contribution is -2.55. The lowest BCUT2D eigenvalue weighted by molar-refractivity contribution is -0.145. The Kier molecular flexibility index (Phi) is 8.56. The van der Waals surface area contributed by atoms with Gasteiger partial charge in [0.2, 0.25) is 0 Å². The van der Waals surface area contributed by atoms with Gasteiger partial charge in [0.15, 0.2) is 0 Å². The zero-order valence-electron chi connectivity index (χ0n) is 21.6. The van der Waals surface area contributed by atoms with Gasteiger partial charge in [-0.25, -0.2) is 4.79 Å². The number of benzene rings is 3. The molecule has 38 heavy (non-hydrogen) atoms. The van der Waals surface area contributed by atoms with E-state index < -0.39 is 17.4 Å². The van der Waals surface area contributed by atoms with Crippen molar-refractivity contribution in [1.29, 1.82) is 0 Å². The van der Waals surface area contributed by atoms with Gasteiger partial charge in [0.05, 0.1) is 11.0 Å². The second-order valence-electron chi connectivity index (χ2n) is 9.80. The fraction of sp³-hybridized carbons (Fsp3) is 0.250. The molecular weight excluding hydrogens is 476 g/mol. The molecule has 0 unspecified atom stereocenters. The SMILES string of the molecule is C[C@]1(C(=O)O)C=CC=C(C(=O)O)C1.c1ccc(C(c2ccccc2)(c2ccccc2)N2CCNCC2)cc1. The van der Waals surface area contributed by atoms with Crippen LogP contribution in [0.15, 0.2) is 115 Å². The quantitative estimate of drug-likeness (QED) is 0.408. The van der Waals surface area contributed by atoms with Gasteiger partial charge in [-0.15, -0.1) is 0 Å². The minimum absolute atomic E-state index is 0.0359. The minimum atomic E-state index is -1.08. The molecule has 0 spiro atoms. The molecular formula is C32H34N2O4. The Balaban J connectivity index is 0.000000219. The van der Waals surface area contributed by atoms with E-state index in [1.807, 2.05) is 0 Å². The highest BCUT2D eigenvalue weighted by molar-refractivity contribution is 5.90. The molecule has 1 fully saturated rings. The van der Waals surface area contributed by atoms with Crippen LogP contribution in [0, 0.1) is 5.41 Å². The summed E-state index contributed by atoms with van der Waals surface area (Å²) in [5.41, 5.74) is 2.78. The van der Waals surface area contributed by atoms with Crippen LogP contribution in [0.1, 0.15) is 30.0 Å². The first kappa shape index (κ1) is 27.0. The number of hydrogen-bond donors (Lipinski definition) is 3. The average molecular weight is 511 g/mol. The molecule has 2 aliphatic rings. The van der Waals surface area contributed by atoms with Crippen LogP contribution < -0.4 is 5.32 Å². The zero-order chi connectivity index (χ0) is 27.0. The second-order valence-corrected chi connectivity index (χ2v) is 9.80. The fourth-order valence-corrected chi connectivity index (χ4v) is 5.27. The van der Waals surface area contributed by atoms with Crippen LogP contribution in [-0.2, 0) is 15.1 Å². The van der Waals surface area contributed by atoms with E-state index in [1.54, 1.807) is 0 Å². The van der Waals surface area contributed by atoms with Crippen molar-refractivity contribution < 1.29 is 19.8 Å². The molecule has 0 radical (unpaired) electrons. The maximum absolute atomic E-state index is 10.8. The van der Waals surface area contributed by atoms with E-state index in [4.69, 9.17) is 10.2 Å². The van der Waals surface area contributed by atoms with Gasteiger partial charge in [-0.3, -0.25) is 9.69 Å². The Labute approximate surface area is 223 Å². The number of carboxylic acids is 2. The topological polar surface area (TPSA) is 89.9 Å². The summed E-state index contributed by atoms with van der Waals surface area (Å²) in [5, 5.41) is 21.0. The summed E-state index contributed by atoms with van der Waals surface area (Å²) in [6.45, 7) is 5.60. The first-order valence-corrected chi connectivity index (χ1v) is 12.9. The summed E-state index contributed by atoms with van der Waals surface area (Å²) in [6, 6.07) is 32.8. The van der Waals surface area contributed by atoms with E-state index >= 15 is 0 Å². The van der Waals surface area contributed by atoms with Gasteiger partial charge >= 0.3 is 11.9 Å². The van der Waals surface area contributed by atoms with Gasteiger partial charge < -0.3 is 15.5 Å². The summed E-state index contributed by atoms with van der Waals surface area (Å²) in [6.07, 6.45) is 4.43. The Morgan fingerprint density at radius 2 is 1.24 bits per heavy atom. The third-order valence-corrected chi connectivity index (χ3v) is 7.25. The van der Waals surface area contributed by atoms with Gasteiger partial charge in [0.25, 0.3) is 0 Å². The molecule has 5 rings (SSSR count). The molecule has 1 atom stereocenters. The summed E-state index contributed by atoms with van der Waals surface area (Å²) < 4.78 is 0. The van der Waals surface area contributed by atoms with Crippen LogP contribution in [-0.4, -0.2) is 53.2 Å². The number of carbonyl (C=O) groups is 2. The molecule has 1 saturated heterocycles. The maximum atomic E-state index is 10.8. The molecule has 0 bridgehead atoms. The number of nitrogens with one attached hydrogen (secondary N) is 1. The minimum Gasteiger partial charge on any atom is -0.481 e. The Morgan fingerprint density at radius 1 is 0.789 bits per heavy atom. The summed E-state index contributed by atoms with van der Waals surface area (Å²) in [5.74, 6) is -2.06. The molecule has 0 saturated carbocycles. The van der Waals surface area contributed by atoms with Gasteiger partial charge in [0.1, 0.15) is 0 Å². The van der Waals surface area contributed by atoms with Crippen LogP contribution in [0.2, 0.25) is 0 Å². The predicted octanol–water partition coefficient (Wildman–Crippen LogP) is 4.93. The summed E-state index contributed by atoms with van der Waals surface area (Å²) in [4.78, 5) is 24.0. The zero-order valence-corrected chi connectivity index (χ0v) is 21.6. The van der Waals surface area contributed by atoms with E-state index in [1.165, 1.54) is 41.8 Å². The molecule has 1 aliphatic heterocycles. The maximum Gasteiger partial charge on any atom is 0.331 e. The normalized spacial score (nSPS) is 19.6. The van der Waals surface area contributed by atoms with Crippen LogP contribution in [0.4, 0.5) is 0 Å². The molecule has 0 aromatic heterocycles. The van der Waals surface area contributed by atoms with E-state index in [-0.39, 0.29) is 17.5 Å². The van der Waals surface area contributed by atoms with Crippen molar-refractivity contribution in [3.63, 3.8) is 0 Å². The molecule has 6 nitrogen and oxygen atoms in total. The van der Waals surface area contributed by atoms with Gasteiger partial charge in [0, 0.05) is 31.8 Å². The van der Waals surface area contributed by atoms with Crippen LogP contribution in [0.25, 0.3) is 0 Å². The molecule has 3 aromatic carbocycles. The molecule has 1 aliphatic carbocycles. The predicted molar refractivity (Wildman–Crippen MR) is 149 cm³/mol. The van der Waals surface area contributed by atoms with Crippen molar-refractivity contribution in [2.45, 2.75) is 18.9 Å². The first-order chi connectivity index (χ1) is 18.4. The van der Waals surface area contributed by atoms with Crippen molar-refractivity contribution >= 4 is 11.9 Å². The van der Waals surface area contributed by atoms with E-state index in [2.05, 4.69) is 101 Å². The van der Waals surface area contributed by atoms with E-state index in [0.717, 1.165) is 26.2 Å². The largest absolute Gasteiger partial charge is 0.481 e.